The fourth-order valence-electron chi connectivity index (χ4n) is 3.70. The van der Waals surface area contributed by atoms with Crippen LogP contribution in [0.15, 0.2) is 30.3 Å². The molecular weight excluding hydrogens is 252 g/mol. The van der Waals surface area contributed by atoms with Gasteiger partial charge in [0.25, 0.3) is 0 Å². The fraction of sp³-hybridized carbons (Fsp3) is 0.438. The molecule has 104 valence electrons. The number of para-hydroxylation sites is 1. The molecule has 1 aromatic heterocycles. The summed E-state index contributed by atoms with van der Waals surface area (Å²) in [6, 6.07) is 10.6. The van der Waals surface area contributed by atoms with Crippen LogP contribution in [0.2, 0.25) is 0 Å². The standard InChI is InChI=1S/C16H18N2O2/c1-15(2)16(3)13-10-11-6-4-5-7-12(11)17(13)8-9-18(16)14(19)20-15/h4-7,10H,8-9H2,1-3H3/t16-/m1/s1. The number of amides is 1. The summed E-state index contributed by atoms with van der Waals surface area (Å²) in [5.74, 6) is 0. The zero-order chi connectivity index (χ0) is 14.1. The Morgan fingerprint density at radius 2 is 1.90 bits per heavy atom. The van der Waals surface area contributed by atoms with Gasteiger partial charge in [-0.2, -0.15) is 0 Å². The molecule has 1 aromatic carbocycles. The average Bonchev–Trinajstić information content (AvgIpc) is 2.85. The second-order valence-corrected chi connectivity index (χ2v) is 6.34. The summed E-state index contributed by atoms with van der Waals surface area (Å²) in [6.45, 7) is 7.63. The molecule has 0 radical (unpaired) electrons. The predicted molar refractivity (Wildman–Crippen MR) is 76.6 cm³/mol. The van der Waals surface area contributed by atoms with E-state index in [1.807, 2.05) is 18.7 Å². The highest BCUT2D eigenvalue weighted by Crippen LogP contribution is 2.49. The van der Waals surface area contributed by atoms with Gasteiger partial charge in [-0.05, 0) is 38.3 Å². The van der Waals surface area contributed by atoms with Crippen molar-refractivity contribution in [1.29, 1.82) is 0 Å². The Kier molecular flexibility index (Phi) is 1.99. The number of nitrogens with zero attached hydrogens (tertiary/aromatic N) is 2. The molecule has 1 atom stereocenters. The summed E-state index contributed by atoms with van der Waals surface area (Å²) in [5, 5.41) is 1.22. The second kappa shape index (κ2) is 3.37. The number of hydrogen-bond acceptors (Lipinski definition) is 2. The smallest absolute Gasteiger partial charge is 0.411 e. The highest BCUT2D eigenvalue weighted by molar-refractivity contribution is 5.83. The van der Waals surface area contributed by atoms with Gasteiger partial charge in [-0.25, -0.2) is 4.79 Å². The molecule has 0 bridgehead atoms. The number of aromatic nitrogens is 1. The van der Waals surface area contributed by atoms with Crippen LogP contribution in [-0.2, 0) is 16.8 Å². The number of cyclic esters (lactones) is 1. The lowest BCUT2D eigenvalue weighted by molar-refractivity contribution is 0.0115. The molecule has 3 heterocycles. The van der Waals surface area contributed by atoms with Gasteiger partial charge in [0.05, 0.1) is 0 Å². The highest BCUT2D eigenvalue weighted by Gasteiger charge is 2.60. The van der Waals surface area contributed by atoms with Crippen LogP contribution >= 0.6 is 0 Å². The van der Waals surface area contributed by atoms with E-state index in [9.17, 15) is 4.79 Å². The molecule has 2 aromatic rings. The van der Waals surface area contributed by atoms with Gasteiger partial charge in [0, 0.05) is 24.3 Å². The van der Waals surface area contributed by atoms with Crippen LogP contribution in [0.5, 0.6) is 0 Å². The van der Waals surface area contributed by atoms with Crippen LogP contribution < -0.4 is 0 Å². The van der Waals surface area contributed by atoms with Crippen molar-refractivity contribution in [2.24, 2.45) is 0 Å². The molecule has 2 aliphatic heterocycles. The second-order valence-electron chi connectivity index (χ2n) is 6.34. The van der Waals surface area contributed by atoms with Crippen molar-refractivity contribution in [3.63, 3.8) is 0 Å². The van der Waals surface area contributed by atoms with Gasteiger partial charge < -0.3 is 9.30 Å². The lowest BCUT2D eigenvalue weighted by atomic mass is 9.79. The van der Waals surface area contributed by atoms with Crippen LogP contribution in [0.4, 0.5) is 4.79 Å². The lowest BCUT2D eigenvalue weighted by Crippen LogP contribution is -2.55. The third kappa shape index (κ3) is 1.15. The van der Waals surface area contributed by atoms with E-state index in [0.717, 1.165) is 6.54 Å². The summed E-state index contributed by atoms with van der Waals surface area (Å²) < 4.78 is 7.95. The van der Waals surface area contributed by atoms with E-state index < -0.39 is 11.1 Å². The van der Waals surface area contributed by atoms with Crippen molar-refractivity contribution in [1.82, 2.24) is 9.47 Å². The number of carbonyl (C=O) groups is 1. The van der Waals surface area contributed by atoms with Gasteiger partial charge in [0.1, 0.15) is 11.1 Å². The molecule has 1 fully saturated rings. The van der Waals surface area contributed by atoms with Crippen LogP contribution in [0.1, 0.15) is 26.5 Å². The van der Waals surface area contributed by atoms with E-state index in [1.165, 1.54) is 16.6 Å². The molecule has 0 unspecified atom stereocenters. The SMILES string of the molecule is CC1(C)OC(=O)N2CCn3c(cc4ccccc43)[C@@]21C. The first-order valence-electron chi connectivity index (χ1n) is 7.04. The average molecular weight is 270 g/mol. The highest BCUT2D eigenvalue weighted by atomic mass is 16.6. The Balaban J connectivity index is 2.04. The lowest BCUT2D eigenvalue weighted by Gasteiger charge is -2.44. The maximum Gasteiger partial charge on any atom is 0.411 e. The molecule has 4 rings (SSSR count). The molecule has 1 saturated heterocycles. The zero-order valence-electron chi connectivity index (χ0n) is 12.0. The minimum Gasteiger partial charge on any atom is -0.440 e. The monoisotopic (exact) mass is 270 g/mol. The Bertz CT molecular complexity index is 731. The maximum absolute atomic E-state index is 12.1. The van der Waals surface area contributed by atoms with Gasteiger partial charge in [0.2, 0.25) is 0 Å². The minimum atomic E-state index is -0.531. The van der Waals surface area contributed by atoms with E-state index in [1.54, 1.807) is 0 Å². The number of ether oxygens (including phenoxy) is 1. The molecule has 0 aliphatic carbocycles. The topological polar surface area (TPSA) is 34.5 Å². The van der Waals surface area contributed by atoms with Crippen LogP contribution in [0.3, 0.4) is 0 Å². The molecule has 20 heavy (non-hydrogen) atoms. The summed E-state index contributed by atoms with van der Waals surface area (Å²) in [7, 11) is 0. The molecule has 0 spiro atoms. The number of carbonyl (C=O) groups excluding carboxylic acids is 1. The van der Waals surface area contributed by atoms with Crippen molar-refractivity contribution in [2.75, 3.05) is 6.54 Å². The van der Waals surface area contributed by atoms with Gasteiger partial charge >= 0.3 is 6.09 Å². The largest absolute Gasteiger partial charge is 0.440 e. The third-order valence-electron chi connectivity index (χ3n) is 5.13. The van der Waals surface area contributed by atoms with E-state index in [4.69, 9.17) is 4.74 Å². The quantitative estimate of drug-likeness (QED) is 0.737. The Labute approximate surface area is 117 Å². The minimum absolute atomic E-state index is 0.200. The van der Waals surface area contributed by atoms with Crippen LogP contribution in [-0.4, -0.2) is 27.7 Å². The first kappa shape index (κ1) is 11.8. The van der Waals surface area contributed by atoms with E-state index >= 15 is 0 Å². The summed E-state index contributed by atoms with van der Waals surface area (Å²) in [5.41, 5.74) is 1.46. The van der Waals surface area contributed by atoms with Crippen molar-refractivity contribution >= 4 is 17.0 Å². The van der Waals surface area contributed by atoms with Gasteiger partial charge in [0.15, 0.2) is 0 Å². The van der Waals surface area contributed by atoms with E-state index in [-0.39, 0.29) is 6.09 Å². The number of fused-ring (bicyclic) bond motifs is 5. The van der Waals surface area contributed by atoms with Crippen molar-refractivity contribution in [3.8, 4) is 0 Å². The first-order chi connectivity index (χ1) is 9.45. The van der Waals surface area contributed by atoms with Crippen molar-refractivity contribution in [3.05, 3.63) is 36.0 Å². The normalized spacial score (nSPS) is 27.4. The molecule has 4 nitrogen and oxygen atoms in total. The Hall–Kier alpha value is -1.97. The van der Waals surface area contributed by atoms with Gasteiger partial charge in [-0.3, -0.25) is 4.90 Å². The van der Waals surface area contributed by atoms with Gasteiger partial charge in [-0.1, -0.05) is 18.2 Å². The molecule has 0 saturated carbocycles. The zero-order valence-corrected chi connectivity index (χ0v) is 12.0. The number of benzene rings is 1. The van der Waals surface area contributed by atoms with Crippen molar-refractivity contribution in [2.45, 2.75) is 38.5 Å². The van der Waals surface area contributed by atoms with Crippen molar-refractivity contribution < 1.29 is 9.53 Å². The Morgan fingerprint density at radius 3 is 2.70 bits per heavy atom. The molecule has 4 heteroatoms. The molecule has 2 aliphatic rings. The van der Waals surface area contributed by atoms with E-state index in [0.29, 0.717) is 6.54 Å². The van der Waals surface area contributed by atoms with E-state index in [2.05, 4.69) is 41.8 Å². The summed E-state index contributed by atoms with van der Waals surface area (Å²) in [4.78, 5) is 14.0. The predicted octanol–water partition coefficient (Wildman–Crippen LogP) is 3.10. The number of hydrogen-bond donors (Lipinski definition) is 0. The fourth-order valence-corrected chi connectivity index (χ4v) is 3.70. The van der Waals surface area contributed by atoms with Crippen LogP contribution in [0, 0.1) is 0 Å². The van der Waals surface area contributed by atoms with Crippen LogP contribution in [0.25, 0.3) is 10.9 Å². The number of rotatable bonds is 0. The maximum atomic E-state index is 12.1. The molecule has 0 N–H and O–H groups in total. The molecule has 1 amide bonds. The third-order valence-corrected chi connectivity index (χ3v) is 5.13. The first-order valence-corrected chi connectivity index (χ1v) is 7.04. The van der Waals surface area contributed by atoms with Gasteiger partial charge in [-0.15, -0.1) is 0 Å². The summed E-state index contributed by atoms with van der Waals surface area (Å²) in [6.07, 6.45) is -0.200. The summed E-state index contributed by atoms with van der Waals surface area (Å²) >= 11 is 0. The Morgan fingerprint density at radius 1 is 1.15 bits per heavy atom. The molecular formula is C16H18N2O2.